The van der Waals surface area contributed by atoms with Gasteiger partial charge in [-0.15, -0.1) is 0 Å². The number of rotatable bonds is 2. The van der Waals surface area contributed by atoms with Crippen molar-refractivity contribution < 1.29 is 47.8 Å². The molecule has 0 unspecified atom stereocenters. The summed E-state index contributed by atoms with van der Waals surface area (Å²) < 4.78 is 0. The van der Waals surface area contributed by atoms with Gasteiger partial charge in [-0.25, -0.2) is 22.5 Å². The minimum absolute atomic E-state index is 0. The molecule has 0 heterocycles. The van der Waals surface area contributed by atoms with Crippen molar-refractivity contribution in [2.24, 2.45) is 0 Å². The first-order valence-corrected chi connectivity index (χ1v) is 22.8. The molecule has 0 radical (unpaired) electrons. The van der Waals surface area contributed by atoms with Crippen LogP contribution in [0.25, 0.3) is 0 Å². The standard InChI is InChI=1S/2C8H13Si.C2H6Si.2ClH.Hf/c2*1-9(2,3)8-6-4-5-7-8;1-3-2;;;/h2*4-7H,1-3H3;1-2H3;2*1H;/q2*-1;;;;+2/p-2. The summed E-state index contributed by atoms with van der Waals surface area (Å²) in [6, 6.07) is 17.4. The summed E-state index contributed by atoms with van der Waals surface area (Å²) in [4.78, 5) is 0. The second-order valence-corrected chi connectivity index (χ2v) is 30.8. The molecular weight excluding hydrogens is 550 g/mol. The Kier molecular flexibility index (Phi) is 17.2. The predicted molar refractivity (Wildman–Crippen MR) is 108 cm³/mol. The Hall–Kier alpha value is 0.801. The molecule has 0 spiro atoms. The van der Waals surface area contributed by atoms with E-state index in [0.717, 1.165) is 0 Å². The molecule has 2 rings (SSSR count). The molecule has 0 atom stereocenters. The molecule has 0 aliphatic heterocycles. The topological polar surface area (TPSA) is 0 Å². The average molecular weight is 582 g/mol. The third-order valence-electron chi connectivity index (χ3n) is 3.06. The number of hydrogen-bond donors (Lipinski definition) is 0. The molecule has 6 heteroatoms. The van der Waals surface area contributed by atoms with E-state index in [1.807, 2.05) is 0 Å². The van der Waals surface area contributed by atoms with Crippen molar-refractivity contribution in [2.75, 3.05) is 0 Å². The normalized spacial score (nSPS) is 10.1. The predicted octanol–water partition coefficient (Wildman–Crippen LogP) is -1.31. The molecule has 0 amide bonds. The monoisotopic (exact) mass is 582 g/mol. The number of halogens is 2. The molecule has 0 aromatic heterocycles. The van der Waals surface area contributed by atoms with E-state index < -0.39 is 16.1 Å². The summed E-state index contributed by atoms with van der Waals surface area (Å²) >= 11 is 1.45. The fourth-order valence-electron chi connectivity index (χ4n) is 1.75. The van der Waals surface area contributed by atoms with Crippen LogP contribution in [0.15, 0.2) is 48.5 Å². The molecule has 0 N–H and O–H groups in total. The van der Waals surface area contributed by atoms with E-state index in [2.05, 4.69) is 101 Å². The van der Waals surface area contributed by atoms with E-state index in [4.69, 9.17) is 0 Å². The molecule has 0 aliphatic carbocycles. The first kappa shape index (κ1) is 29.6. The van der Waals surface area contributed by atoms with Gasteiger partial charge in [0.05, 0.1) is 0 Å². The van der Waals surface area contributed by atoms with Gasteiger partial charge < -0.3 is 24.8 Å². The fourth-order valence-corrected chi connectivity index (χ4v) is 4.13. The maximum Gasteiger partial charge on any atom is -1.00 e. The molecule has 0 saturated heterocycles. The molecule has 0 fully saturated rings. The van der Waals surface area contributed by atoms with Gasteiger partial charge in [0.1, 0.15) is 0 Å². The van der Waals surface area contributed by atoms with Gasteiger partial charge in [-0.2, -0.15) is 36.4 Å². The zero-order chi connectivity index (χ0) is 17.4. The Morgan fingerprint density at radius 2 is 1.00 bits per heavy atom. The summed E-state index contributed by atoms with van der Waals surface area (Å²) in [6.07, 6.45) is 0. The van der Waals surface area contributed by atoms with Crippen LogP contribution < -0.4 is 35.2 Å². The minimum atomic E-state index is -0.981. The van der Waals surface area contributed by atoms with Crippen LogP contribution in [0.2, 0.25) is 52.4 Å². The van der Waals surface area contributed by atoms with Crippen molar-refractivity contribution in [3.05, 3.63) is 48.5 Å². The van der Waals surface area contributed by atoms with Crippen LogP contribution in [-0.4, -0.2) is 21.6 Å². The maximum absolute atomic E-state index is 2.36. The second-order valence-electron chi connectivity index (χ2n) is 7.85. The largest absolute Gasteiger partial charge is 1.00 e. The van der Waals surface area contributed by atoms with Crippen LogP contribution in [-0.2, 0) is 23.0 Å². The first-order valence-electron chi connectivity index (χ1n) is 7.90. The zero-order valence-electron chi connectivity index (χ0n) is 16.4. The maximum atomic E-state index is 2.36. The minimum Gasteiger partial charge on any atom is -1.00 e. The van der Waals surface area contributed by atoms with Crippen molar-refractivity contribution in [3.8, 4) is 0 Å². The summed E-state index contributed by atoms with van der Waals surface area (Å²) in [6.45, 7) is 18.8. The van der Waals surface area contributed by atoms with E-state index in [0.29, 0.717) is 0 Å². The van der Waals surface area contributed by atoms with Gasteiger partial charge in [0.15, 0.2) is 0 Å². The Bertz CT molecular complexity index is 473. The van der Waals surface area contributed by atoms with Crippen molar-refractivity contribution in [3.63, 3.8) is 0 Å². The third-order valence-corrected chi connectivity index (χ3v) is 7.19. The van der Waals surface area contributed by atoms with Crippen LogP contribution in [0.3, 0.4) is 0 Å². The molecule has 2 aromatic rings. The fraction of sp³-hybridized carbons (Fsp3) is 0.444. The Morgan fingerprint density at radius 3 is 1.08 bits per heavy atom. The Morgan fingerprint density at radius 1 is 0.750 bits per heavy atom. The van der Waals surface area contributed by atoms with Crippen LogP contribution >= 0.6 is 0 Å². The van der Waals surface area contributed by atoms with E-state index in [-0.39, 0.29) is 30.3 Å². The molecule has 0 nitrogen and oxygen atoms in total. The van der Waals surface area contributed by atoms with Gasteiger partial charge in [0, 0.05) is 16.1 Å². The molecule has 0 saturated carbocycles. The average Bonchev–Trinajstić information content (AvgIpc) is 3.02. The van der Waals surface area contributed by atoms with Crippen molar-refractivity contribution in [1.29, 1.82) is 0 Å². The summed E-state index contributed by atoms with van der Waals surface area (Å²) in [5.41, 5.74) is 0.259. The van der Waals surface area contributed by atoms with E-state index in [9.17, 15) is 0 Å². The van der Waals surface area contributed by atoms with Crippen molar-refractivity contribution >= 4 is 32.0 Å². The molecule has 136 valence electrons. The van der Waals surface area contributed by atoms with Crippen molar-refractivity contribution in [2.45, 2.75) is 52.4 Å². The quantitative estimate of drug-likeness (QED) is 0.306. The molecule has 2 aromatic carbocycles. The van der Waals surface area contributed by atoms with Gasteiger partial charge in [-0.3, -0.25) is 0 Å². The smallest absolute Gasteiger partial charge is 1.00 e. The van der Waals surface area contributed by atoms with Gasteiger partial charge >= 0.3 is 41.6 Å². The van der Waals surface area contributed by atoms with Gasteiger partial charge in [-0.1, -0.05) is 39.3 Å². The van der Waals surface area contributed by atoms with E-state index in [1.165, 1.54) is 23.0 Å². The van der Waals surface area contributed by atoms with E-state index >= 15 is 0 Å². The van der Waals surface area contributed by atoms with Crippen LogP contribution in [0.1, 0.15) is 0 Å². The zero-order valence-corrected chi connectivity index (χ0v) is 24.5. The summed E-state index contributed by atoms with van der Waals surface area (Å²) in [7, 11) is -1.96. The summed E-state index contributed by atoms with van der Waals surface area (Å²) in [5, 5.41) is 3.12. The summed E-state index contributed by atoms with van der Waals surface area (Å²) in [5.74, 6) is 0. The Labute approximate surface area is 179 Å². The van der Waals surface area contributed by atoms with Crippen LogP contribution in [0, 0.1) is 0 Å². The van der Waals surface area contributed by atoms with Gasteiger partial charge in [0.25, 0.3) is 0 Å². The number of hydrogen-bond acceptors (Lipinski definition) is 0. The third kappa shape index (κ3) is 15.1. The van der Waals surface area contributed by atoms with Crippen LogP contribution in [0.5, 0.6) is 0 Å². The Balaban J connectivity index is -0.000000283. The molecule has 0 bridgehead atoms. The van der Waals surface area contributed by atoms with Gasteiger partial charge in [0.2, 0.25) is 0 Å². The molecule has 24 heavy (non-hydrogen) atoms. The van der Waals surface area contributed by atoms with Crippen molar-refractivity contribution in [1.82, 2.24) is 0 Å². The molecular formula is C18H32Cl2HfSi3-2. The second kappa shape index (κ2) is 13.9. The SMILES string of the molecule is C[Si](C)(C)c1cc[cH-]c1.C[Si](C)(C)c1cc[cH-]c1.C[Si](C)=[Hf+2].[Cl-].[Cl-]. The van der Waals surface area contributed by atoms with E-state index in [1.54, 1.807) is 10.4 Å². The molecule has 0 aliphatic rings. The van der Waals surface area contributed by atoms with Gasteiger partial charge in [-0.05, 0) is 0 Å². The van der Waals surface area contributed by atoms with Crippen LogP contribution in [0.4, 0.5) is 0 Å². The first-order chi connectivity index (χ1) is 9.94.